The number of phenolic OH excluding ortho intramolecular Hbond substituents is 1. The van der Waals surface area contributed by atoms with E-state index in [0.717, 1.165) is 6.07 Å². The average molecular weight is 212 g/mol. The van der Waals surface area contributed by atoms with E-state index in [-0.39, 0.29) is 11.1 Å². The van der Waals surface area contributed by atoms with Gasteiger partial charge in [0.2, 0.25) is 0 Å². The number of phenols is 1. The monoisotopic (exact) mass is 212 g/mol. The second-order valence-electron chi connectivity index (χ2n) is 3.03. The van der Waals surface area contributed by atoms with Crippen molar-refractivity contribution in [2.24, 2.45) is 0 Å². The third-order valence-corrected chi connectivity index (χ3v) is 2.13. The molecule has 0 bridgehead atoms. The molecular formula is C8H8N2O5. The SMILES string of the molecule is Cc1c(O)cc([N+](=O)[O-])c(C)c1[N+](=O)[O-]. The summed E-state index contributed by atoms with van der Waals surface area (Å²) in [4.78, 5) is 19.7. The molecule has 15 heavy (non-hydrogen) atoms. The summed E-state index contributed by atoms with van der Waals surface area (Å²) in [6, 6.07) is 0.914. The molecule has 0 aliphatic heterocycles. The Labute approximate surface area is 84.3 Å². The van der Waals surface area contributed by atoms with Crippen LogP contribution in [0.2, 0.25) is 0 Å². The first-order valence-electron chi connectivity index (χ1n) is 3.98. The van der Waals surface area contributed by atoms with E-state index in [0.29, 0.717) is 0 Å². The number of aromatic hydroxyl groups is 1. The number of nitrogens with zero attached hydrogens (tertiary/aromatic N) is 2. The Bertz CT molecular complexity index is 455. The molecule has 0 saturated heterocycles. The van der Waals surface area contributed by atoms with Crippen molar-refractivity contribution in [1.29, 1.82) is 0 Å². The van der Waals surface area contributed by atoms with E-state index in [9.17, 15) is 25.3 Å². The van der Waals surface area contributed by atoms with Crippen molar-refractivity contribution in [2.75, 3.05) is 0 Å². The number of hydrogen-bond donors (Lipinski definition) is 1. The fourth-order valence-electron chi connectivity index (χ4n) is 1.33. The lowest BCUT2D eigenvalue weighted by Crippen LogP contribution is -2.00. The van der Waals surface area contributed by atoms with Crippen molar-refractivity contribution in [1.82, 2.24) is 0 Å². The van der Waals surface area contributed by atoms with Crippen LogP contribution in [0.1, 0.15) is 11.1 Å². The molecule has 0 unspecified atom stereocenters. The van der Waals surface area contributed by atoms with E-state index in [2.05, 4.69) is 0 Å². The second kappa shape index (κ2) is 3.52. The van der Waals surface area contributed by atoms with Gasteiger partial charge in [0.1, 0.15) is 11.3 Å². The highest BCUT2D eigenvalue weighted by Crippen LogP contribution is 2.36. The van der Waals surface area contributed by atoms with Gasteiger partial charge in [-0.15, -0.1) is 0 Å². The van der Waals surface area contributed by atoms with Crippen LogP contribution in [0.3, 0.4) is 0 Å². The summed E-state index contributed by atoms with van der Waals surface area (Å²) < 4.78 is 0. The Hall–Kier alpha value is -2.18. The minimum Gasteiger partial charge on any atom is -0.507 e. The van der Waals surface area contributed by atoms with Crippen LogP contribution in [-0.4, -0.2) is 15.0 Å². The maximum Gasteiger partial charge on any atom is 0.285 e. The number of nitro benzene ring substituents is 2. The molecule has 1 N–H and O–H groups in total. The first-order chi connectivity index (χ1) is 6.86. The first-order valence-corrected chi connectivity index (χ1v) is 3.98. The van der Waals surface area contributed by atoms with Crippen LogP contribution < -0.4 is 0 Å². The van der Waals surface area contributed by atoms with Gasteiger partial charge in [0, 0.05) is 0 Å². The molecule has 0 aromatic heterocycles. The van der Waals surface area contributed by atoms with Gasteiger partial charge >= 0.3 is 0 Å². The number of benzene rings is 1. The summed E-state index contributed by atoms with van der Waals surface area (Å²) >= 11 is 0. The zero-order chi connectivity index (χ0) is 11.7. The Morgan fingerprint density at radius 1 is 1.13 bits per heavy atom. The molecule has 0 atom stereocenters. The Morgan fingerprint density at radius 2 is 1.67 bits per heavy atom. The first kappa shape index (κ1) is 10.9. The largest absolute Gasteiger partial charge is 0.507 e. The summed E-state index contributed by atoms with van der Waals surface area (Å²) in [6.07, 6.45) is 0. The molecule has 0 aliphatic carbocycles. The van der Waals surface area contributed by atoms with Crippen molar-refractivity contribution >= 4 is 11.4 Å². The van der Waals surface area contributed by atoms with E-state index in [1.165, 1.54) is 13.8 Å². The molecule has 0 saturated carbocycles. The average Bonchev–Trinajstić information content (AvgIpc) is 2.10. The van der Waals surface area contributed by atoms with Crippen LogP contribution in [0.5, 0.6) is 5.75 Å². The lowest BCUT2D eigenvalue weighted by molar-refractivity contribution is -0.395. The van der Waals surface area contributed by atoms with Gasteiger partial charge in [-0.2, -0.15) is 0 Å². The normalized spacial score (nSPS) is 10.0. The second-order valence-corrected chi connectivity index (χ2v) is 3.03. The topological polar surface area (TPSA) is 107 Å². The quantitative estimate of drug-likeness (QED) is 0.594. The van der Waals surface area contributed by atoms with Gasteiger partial charge in [-0.25, -0.2) is 0 Å². The molecule has 0 radical (unpaired) electrons. The summed E-state index contributed by atoms with van der Waals surface area (Å²) in [5.74, 6) is -0.445. The molecule has 7 nitrogen and oxygen atoms in total. The van der Waals surface area contributed by atoms with Gasteiger partial charge in [0.15, 0.2) is 0 Å². The van der Waals surface area contributed by atoms with Crippen molar-refractivity contribution in [3.8, 4) is 5.75 Å². The van der Waals surface area contributed by atoms with Crippen LogP contribution in [0.4, 0.5) is 11.4 Å². The molecule has 0 amide bonds. The summed E-state index contributed by atoms with van der Waals surface area (Å²) in [5, 5.41) is 30.5. The zero-order valence-electron chi connectivity index (χ0n) is 8.05. The Morgan fingerprint density at radius 3 is 2.07 bits per heavy atom. The van der Waals surface area contributed by atoms with Crippen LogP contribution in [0.15, 0.2) is 6.07 Å². The van der Waals surface area contributed by atoms with Gasteiger partial charge in [-0.1, -0.05) is 0 Å². The summed E-state index contributed by atoms with van der Waals surface area (Å²) in [5.41, 5.74) is -0.894. The number of nitro groups is 2. The fraction of sp³-hybridized carbons (Fsp3) is 0.250. The molecule has 1 rings (SSSR count). The molecule has 0 aliphatic rings. The lowest BCUT2D eigenvalue weighted by Gasteiger charge is -2.04. The van der Waals surface area contributed by atoms with E-state index in [1.807, 2.05) is 0 Å². The van der Waals surface area contributed by atoms with Crippen molar-refractivity contribution in [3.05, 3.63) is 37.4 Å². The Kier molecular flexibility index (Phi) is 2.56. The maximum atomic E-state index is 10.6. The third-order valence-electron chi connectivity index (χ3n) is 2.13. The van der Waals surface area contributed by atoms with E-state index >= 15 is 0 Å². The highest BCUT2D eigenvalue weighted by Gasteiger charge is 2.26. The summed E-state index contributed by atoms with van der Waals surface area (Å²) in [6.45, 7) is 2.62. The van der Waals surface area contributed by atoms with Crippen molar-refractivity contribution in [2.45, 2.75) is 13.8 Å². The van der Waals surface area contributed by atoms with E-state index in [4.69, 9.17) is 0 Å². The van der Waals surface area contributed by atoms with Crippen LogP contribution in [0.25, 0.3) is 0 Å². The van der Waals surface area contributed by atoms with E-state index in [1.54, 1.807) is 0 Å². The Balaban J connectivity index is 3.63. The highest BCUT2D eigenvalue weighted by molar-refractivity contribution is 5.62. The zero-order valence-corrected chi connectivity index (χ0v) is 8.05. The third kappa shape index (κ3) is 1.71. The molecule has 0 spiro atoms. The van der Waals surface area contributed by atoms with Crippen molar-refractivity contribution in [3.63, 3.8) is 0 Å². The van der Waals surface area contributed by atoms with Gasteiger partial charge in [0.25, 0.3) is 11.4 Å². The molecule has 7 heteroatoms. The number of rotatable bonds is 2. The minimum atomic E-state index is -0.762. The molecule has 1 aromatic rings. The van der Waals surface area contributed by atoms with Crippen LogP contribution in [0, 0.1) is 34.1 Å². The van der Waals surface area contributed by atoms with Crippen LogP contribution >= 0.6 is 0 Å². The smallest absolute Gasteiger partial charge is 0.285 e. The predicted molar refractivity (Wildman–Crippen MR) is 50.9 cm³/mol. The highest BCUT2D eigenvalue weighted by atomic mass is 16.6. The maximum absolute atomic E-state index is 10.6. The summed E-state index contributed by atoms with van der Waals surface area (Å²) in [7, 11) is 0. The van der Waals surface area contributed by atoms with Gasteiger partial charge < -0.3 is 5.11 Å². The minimum absolute atomic E-state index is 0.0306. The molecule has 80 valence electrons. The lowest BCUT2D eigenvalue weighted by atomic mass is 10.1. The molecule has 0 heterocycles. The van der Waals surface area contributed by atoms with Gasteiger partial charge in [0.05, 0.1) is 21.5 Å². The molecule has 0 fully saturated rings. The molecular weight excluding hydrogens is 204 g/mol. The van der Waals surface area contributed by atoms with Crippen molar-refractivity contribution < 1.29 is 15.0 Å². The van der Waals surface area contributed by atoms with Crippen LogP contribution in [-0.2, 0) is 0 Å². The standard InChI is InChI=1S/C8H8N2O5/c1-4-6(9(12)13)3-7(11)5(2)8(4)10(14)15/h3,11H,1-2H3. The predicted octanol–water partition coefficient (Wildman–Crippen LogP) is 1.83. The van der Waals surface area contributed by atoms with Gasteiger partial charge in [-0.05, 0) is 13.8 Å². The van der Waals surface area contributed by atoms with E-state index < -0.39 is 27.0 Å². The molecule has 1 aromatic carbocycles. The fourth-order valence-corrected chi connectivity index (χ4v) is 1.33. The van der Waals surface area contributed by atoms with Gasteiger partial charge in [-0.3, -0.25) is 20.2 Å². The number of hydrogen-bond acceptors (Lipinski definition) is 5.